The van der Waals surface area contributed by atoms with Crippen molar-refractivity contribution in [1.82, 2.24) is 4.57 Å². The van der Waals surface area contributed by atoms with Gasteiger partial charge in [0.05, 0.1) is 22.3 Å². The van der Waals surface area contributed by atoms with Crippen LogP contribution in [0.1, 0.15) is 4.88 Å². The maximum Gasteiger partial charge on any atom is 0.279 e. The second-order valence-electron chi connectivity index (χ2n) is 6.61. The SMILES string of the molecule is O=C1N=c2ccc(I)cc2=C1c1sc(=Nc2ccccc2)n(-c2ccccc2)c1O. The third-order valence-corrected chi connectivity index (χ3v) is 6.40. The largest absolute Gasteiger partial charge is 0.493 e. The lowest BCUT2D eigenvalue weighted by molar-refractivity contribution is -0.112. The Kier molecular flexibility index (Phi) is 4.84. The number of amides is 1. The molecule has 0 radical (unpaired) electrons. The van der Waals surface area contributed by atoms with Crippen molar-refractivity contribution < 1.29 is 9.90 Å². The fraction of sp³-hybridized carbons (Fsp3) is 0. The van der Waals surface area contributed by atoms with Crippen LogP contribution in [0.3, 0.4) is 0 Å². The minimum absolute atomic E-state index is 0.0221. The van der Waals surface area contributed by atoms with Crippen molar-refractivity contribution in [2.75, 3.05) is 0 Å². The molecule has 7 heteroatoms. The van der Waals surface area contributed by atoms with Crippen molar-refractivity contribution in [2.45, 2.75) is 0 Å². The van der Waals surface area contributed by atoms with Crippen molar-refractivity contribution in [3.05, 3.63) is 103 Å². The normalized spacial score (nSPS) is 13.4. The van der Waals surface area contributed by atoms with Crippen molar-refractivity contribution in [2.24, 2.45) is 9.98 Å². The zero-order valence-electron chi connectivity index (χ0n) is 15.5. The van der Waals surface area contributed by atoms with Gasteiger partial charge in [0.15, 0.2) is 4.80 Å². The fourth-order valence-corrected chi connectivity index (χ4v) is 4.93. The summed E-state index contributed by atoms with van der Waals surface area (Å²) in [4.78, 5) is 22.7. The van der Waals surface area contributed by atoms with E-state index < -0.39 is 0 Å². The Bertz CT molecular complexity index is 1470. The summed E-state index contributed by atoms with van der Waals surface area (Å²) in [5, 5.41) is 12.6. The first-order valence-corrected chi connectivity index (χ1v) is 11.0. The van der Waals surface area contributed by atoms with Gasteiger partial charge in [-0.05, 0) is 65.1 Å². The number of aromatic hydroxyl groups is 1. The molecule has 2 heterocycles. The Morgan fingerprint density at radius 3 is 2.40 bits per heavy atom. The second-order valence-corrected chi connectivity index (χ2v) is 8.83. The molecule has 0 bridgehead atoms. The van der Waals surface area contributed by atoms with Crippen LogP contribution in [0, 0.1) is 3.57 Å². The van der Waals surface area contributed by atoms with Crippen LogP contribution in [0.15, 0.2) is 88.8 Å². The lowest BCUT2D eigenvalue weighted by Crippen LogP contribution is -2.23. The van der Waals surface area contributed by atoms with Crippen LogP contribution in [-0.2, 0) is 4.79 Å². The molecule has 146 valence electrons. The number of halogens is 1. The average Bonchev–Trinajstić information content (AvgIpc) is 3.24. The molecule has 0 fully saturated rings. The molecular weight excluding hydrogens is 509 g/mol. The lowest BCUT2D eigenvalue weighted by Gasteiger charge is -2.05. The number of aromatic nitrogens is 1. The third kappa shape index (κ3) is 3.29. The molecular formula is C23H14IN3O2S. The minimum Gasteiger partial charge on any atom is -0.493 e. The minimum atomic E-state index is -0.352. The Balaban J connectivity index is 1.85. The number of hydrogen-bond acceptors (Lipinski definition) is 4. The monoisotopic (exact) mass is 523 g/mol. The highest BCUT2D eigenvalue weighted by Gasteiger charge is 2.26. The van der Waals surface area contributed by atoms with Crippen LogP contribution in [0.25, 0.3) is 11.3 Å². The van der Waals surface area contributed by atoms with E-state index in [1.165, 1.54) is 11.3 Å². The van der Waals surface area contributed by atoms with Crippen molar-refractivity contribution in [3.63, 3.8) is 0 Å². The highest BCUT2D eigenvalue weighted by atomic mass is 127. The summed E-state index contributed by atoms with van der Waals surface area (Å²) in [6.07, 6.45) is 0. The van der Waals surface area contributed by atoms with Crippen LogP contribution in [0.5, 0.6) is 5.88 Å². The van der Waals surface area contributed by atoms with Crippen molar-refractivity contribution >= 4 is 51.1 Å². The summed E-state index contributed by atoms with van der Waals surface area (Å²) in [5.74, 6) is -0.374. The molecule has 4 aromatic rings. The van der Waals surface area contributed by atoms with Gasteiger partial charge >= 0.3 is 0 Å². The number of para-hydroxylation sites is 2. The van der Waals surface area contributed by atoms with Gasteiger partial charge in [-0.2, -0.15) is 0 Å². The van der Waals surface area contributed by atoms with Crippen molar-refractivity contribution in [1.29, 1.82) is 0 Å². The summed E-state index contributed by atoms with van der Waals surface area (Å²) in [6.45, 7) is 0. The predicted molar refractivity (Wildman–Crippen MR) is 124 cm³/mol. The first kappa shape index (κ1) is 19.0. The Labute approximate surface area is 189 Å². The molecule has 1 N–H and O–H groups in total. The van der Waals surface area contributed by atoms with E-state index in [0.29, 0.717) is 20.6 Å². The smallest absolute Gasteiger partial charge is 0.279 e. The summed E-state index contributed by atoms with van der Waals surface area (Å²) >= 11 is 3.48. The quantitative estimate of drug-likeness (QED) is 0.419. The average molecular weight is 523 g/mol. The molecule has 0 saturated heterocycles. The first-order chi connectivity index (χ1) is 14.6. The summed E-state index contributed by atoms with van der Waals surface area (Å²) < 4.78 is 2.66. The Morgan fingerprint density at radius 2 is 1.67 bits per heavy atom. The predicted octanol–water partition coefficient (Wildman–Crippen LogP) is 3.44. The van der Waals surface area contributed by atoms with Gasteiger partial charge in [-0.1, -0.05) is 47.7 Å². The molecule has 1 aliphatic heterocycles. The zero-order valence-corrected chi connectivity index (χ0v) is 18.5. The van der Waals surface area contributed by atoms with Gasteiger partial charge in [-0.3, -0.25) is 9.36 Å². The van der Waals surface area contributed by atoms with Crippen LogP contribution < -0.4 is 15.4 Å². The molecule has 5 rings (SSSR count). The van der Waals surface area contributed by atoms with E-state index in [0.717, 1.165) is 20.2 Å². The number of carbonyl (C=O) groups excluding carboxylic acids is 1. The van der Waals surface area contributed by atoms with E-state index >= 15 is 0 Å². The topological polar surface area (TPSA) is 67.0 Å². The standard InChI is InChI=1S/C23H14IN3O2S/c24-14-11-12-18-17(13-14)19(21(28)26-18)20-22(29)27(16-9-5-2-6-10-16)23(30-20)25-15-7-3-1-4-8-15/h1-13,29H. The van der Waals surface area contributed by atoms with E-state index in [-0.39, 0.29) is 11.8 Å². The number of rotatable bonds is 3. The molecule has 0 saturated carbocycles. The molecule has 3 aromatic carbocycles. The molecule has 1 amide bonds. The second kappa shape index (κ2) is 7.66. The summed E-state index contributed by atoms with van der Waals surface area (Å²) in [6, 6.07) is 24.7. The van der Waals surface area contributed by atoms with Gasteiger partial charge in [-0.15, -0.1) is 0 Å². The number of fused-ring (bicyclic) bond motifs is 1. The van der Waals surface area contributed by atoms with E-state index in [4.69, 9.17) is 4.99 Å². The Hall–Kier alpha value is -3.04. The molecule has 5 nitrogen and oxygen atoms in total. The highest BCUT2D eigenvalue weighted by Crippen LogP contribution is 2.31. The Morgan fingerprint density at radius 1 is 0.967 bits per heavy atom. The van der Waals surface area contributed by atoms with Gasteiger partial charge in [-0.25, -0.2) is 9.98 Å². The number of hydrogen-bond donors (Lipinski definition) is 1. The van der Waals surface area contributed by atoms with Crippen molar-refractivity contribution in [3.8, 4) is 11.6 Å². The van der Waals surface area contributed by atoms with Gasteiger partial charge in [0.2, 0.25) is 5.88 Å². The number of carbonyl (C=O) groups is 1. The summed E-state index contributed by atoms with van der Waals surface area (Å²) in [5.41, 5.74) is 1.93. The van der Waals surface area contributed by atoms with Gasteiger partial charge in [0, 0.05) is 8.79 Å². The van der Waals surface area contributed by atoms with Crippen LogP contribution in [0.4, 0.5) is 5.69 Å². The van der Waals surface area contributed by atoms with Gasteiger partial charge in [0.1, 0.15) is 4.88 Å². The van der Waals surface area contributed by atoms with Crippen LogP contribution in [0.2, 0.25) is 0 Å². The van der Waals surface area contributed by atoms with E-state index in [9.17, 15) is 9.90 Å². The van der Waals surface area contributed by atoms with Crippen LogP contribution >= 0.6 is 33.9 Å². The maximum atomic E-state index is 12.8. The molecule has 0 spiro atoms. The third-order valence-electron chi connectivity index (χ3n) is 4.69. The first-order valence-electron chi connectivity index (χ1n) is 9.15. The summed E-state index contributed by atoms with van der Waals surface area (Å²) in [7, 11) is 0. The highest BCUT2D eigenvalue weighted by molar-refractivity contribution is 14.1. The number of nitrogens with zero attached hydrogens (tertiary/aromatic N) is 3. The van der Waals surface area contributed by atoms with E-state index in [1.807, 2.05) is 78.9 Å². The lowest BCUT2D eigenvalue weighted by atomic mass is 10.1. The van der Waals surface area contributed by atoms with Crippen LogP contribution in [-0.4, -0.2) is 15.6 Å². The fourth-order valence-electron chi connectivity index (χ4n) is 3.34. The van der Waals surface area contributed by atoms with Gasteiger partial charge < -0.3 is 5.11 Å². The molecule has 30 heavy (non-hydrogen) atoms. The number of thiazole rings is 1. The molecule has 0 aliphatic carbocycles. The zero-order chi connectivity index (χ0) is 20.7. The molecule has 1 aliphatic rings. The van der Waals surface area contributed by atoms with E-state index in [1.54, 1.807) is 4.57 Å². The number of benzene rings is 3. The molecule has 1 aromatic heterocycles. The maximum absolute atomic E-state index is 12.8. The molecule has 0 unspecified atom stereocenters. The van der Waals surface area contributed by atoms with Gasteiger partial charge in [0.25, 0.3) is 5.91 Å². The molecule has 0 atom stereocenters. The van der Waals surface area contributed by atoms with E-state index in [2.05, 4.69) is 27.6 Å².